The van der Waals surface area contributed by atoms with Gasteiger partial charge >= 0.3 is 0 Å². The molecule has 2 heterocycles. The number of benzene rings is 1. The Kier molecular flexibility index (Phi) is 5.51. The van der Waals surface area contributed by atoms with E-state index in [2.05, 4.69) is 17.1 Å². The summed E-state index contributed by atoms with van der Waals surface area (Å²) in [5.74, 6) is 0.777. The lowest BCUT2D eigenvalue weighted by Gasteiger charge is -2.32. The Balaban J connectivity index is 1.69. The van der Waals surface area contributed by atoms with Crippen molar-refractivity contribution in [3.05, 3.63) is 42.0 Å². The summed E-state index contributed by atoms with van der Waals surface area (Å²) < 4.78 is 34.4. The van der Waals surface area contributed by atoms with E-state index in [-0.39, 0.29) is 6.04 Å². The van der Waals surface area contributed by atoms with Gasteiger partial charge in [0.15, 0.2) is 5.82 Å². The van der Waals surface area contributed by atoms with Gasteiger partial charge in [0.1, 0.15) is 12.9 Å². The van der Waals surface area contributed by atoms with E-state index in [1.54, 1.807) is 29.9 Å². The Labute approximate surface area is 148 Å². The molecular weight excluding hydrogens is 340 g/mol. The monoisotopic (exact) mass is 364 g/mol. The average molecular weight is 364 g/mol. The van der Waals surface area contributed by atoms with Gasteiger partial charge in [0.2, 0.25) is 10.0 Å². The summed E-state index contributed by atoms with van der Waals surface area (Å²) >= 11 is 0. The lowest BCUT2D eigenvalue weighted by molar-refractivity contribution is 0.167. The molecule has 0 aliphatic carbocycles. The number of methoxy groups -OCH3 is 1. The molecule has 1 saturated heterocycles. The van der Waals surface area contributed by atoms with Gasteiger partial charge in [-0.15, -0.1) is 10.2 Å². The van der Waals surface area contributed by atoms with Gasteiger partial charge in [0.05, 0.1) is 4.90 Å². The zero-order valence-corrected chi connectivity index (χ0v) is 15.4. The third kappa shape index (κ3) is 3.75. The van der Waals surface area contributed by atoms with Gasteiger partial charge in [-0.05, 0) is 37.0 Å². The summed E-state index contributed by atoms with van der Waals surface area (Å²) in [5.41, 5.74) is 1.14. The van der Waals surface area contributed by atoms with Crippen molar-refractivity contribution in [2.45, 2.75) is 43.7 Å². The maximum atomic E-state index is 12.8. The minimum absolute atomic E-state index is 0.203. The number of aryl methyl sites for hydroxylation is 1. The van der Waals surface area contributed by atoms with Crippen LogP contribution in [0, 0.1) is 0 Å². The van der Waals surface area contributed by atoms with Crippen molar-refractivity contribution in [1.82, 2.24) is 19.1 Å². The van der Waals surface area contributed by atoms with Crippen LogP contribution < -0.4 is 0 Å². The van der Waals surface area contributed by atoms with Crippen LogP contribution in [0.5, 0.6) is 0 Å². The van der Waals surface area contributed by atoms with Crippen LogP contribution in [0.2, 0.25) is 0 Å². The highest BCUT2D eigenvalue weighted by Gasteiger charge is 2.30. The first-order valence-corrected chi connectivity index (χ1v) is 9.96. The van der Waals surface area contributed by atoms with E-state index in [1.165, 1.54) is 0 Å². The van der Waals surface area contributed by atoms with E-state index in [0.29, 0.717) is 24.6 Å². The largest absolute Gasteiger partial charge is 0.377 e. The van der Waals surface area contributed by atoms with Crippen LogP contribution in [-0.2, 0) is 27.8 Å². The molecule has 8 heteroatoms. The van der Waals surface area contributed by atoms with Gasteiger partial charge < -0.3 is 9.30 Å². The first-order valence-electron chi connectivity index (χ1n) is 8.52. The molecule has 2 aromatic rings. The smallest absolute Gasteiger partial charge is 0.243 e. The Morgan fingerprint density at radius 3 is 2.48 bits per heavy atom. The average Bonchev–Trinajstić information content (AvgIpc) is 3.10. The van der Waals surface area contributed by atoms with Crippen molar-refractivity contribution in [3.8, 4) is 0 Å². The van der Waals surface area contributed by atoms with Gasteiger partial charge in [-0.2, -0.15) is 4.31 Å². The lowest BCUT2D eigenvalue weighted by atomic mass is 10.1. The van der Waals surface area contributed by atoms with Crippen molar-refractivity contribution in [1.29, 1.82) is 0 Å². The second-order valence-electron chi connectivity index (χ2n) is 6.22. The second-order valence-corrected chi connectivity index (χ2v) is 8.16. The number of hydrogen-bond acceptors (Lipinski definition) is 5. The van der Waals surface area contributed by atoms with Gasteiger partial charge in [-0.1, -0.05) is 19.1 Å². The molecule has 0 bridgehead atoms. The van der Waals surface area contributed by atoms with Crippen LogP contribution in [0.1, 0.15) is 37.2 Å². The number of piperidine rings is 1. The zero-order chi connectivity index (χ0) is 17.9. The quantitative estimate of drug-likeness (QED) is 0.784. The van der Waals surface area contributed by atoms with E-state index in [4.69, 9.17) is 4.74 Å². The molecule has 0 N–H and O–H groups in total. The van der Waals surface area contributed by atoms with Crippen molar-refractivity contribution >= 4 is 10.0 Å². The number of sulfonamides is 1. The molecule has 7 nitrogen and oxygen atoms in total. The molecule has 0 spiro atoms. The van der Waals surface area contributed by atoms with Gasteiger partial charge in [-0.3, -0.25) is 0 Å². The summed E-state index contributed by atoms with van der Waals surface area (Å²) in [6.07, 6.45) is 4.07. The van der Waals surface area contributed by atoms with Crippen molar-refractivity contribution in [2.24, 2.45) is 0 Å². The molecule has 136 valence electrons. The van der Waals surface area contributed by atoms with Crippen LogP contribution >= 0.6 is 0 Å². The molecule has 0 radical (unpaired) electrons. The molecule has 0 unspecified atom stereocenters. The van der Waals surface area contributed by atoms with Crippen LogP contribution in [0.15, 0.2) is 35.5 Å². The van der Waals surface area contributed by atoms with Crippen LogP contribution in [-0.4, -0.2) is 47.7 Å². The van der Waals surface area contributed by atoms with Gasteiger partial charge in [0.25, 0.3) is 0 Å². The molecule has 1 aromatic heterocycles. The SMILES string of the molecule is CCc1ccc(S(=O)(=O)N2CCC(n3cnnc3COC)CC2)cc1. The number of aromatic nitrogens is 3. The van der Waals surface area contributed by atoms with E-state index in [0.717, 1.165) is 30.7 Å². The maximum absolute atomic E-state index is 12.8. The second kappa shape index (κ2) is 7.63. The number of nitrogens with zero attached hydrogens (tertiary/aromatic N) is 4. The number of rotatable bonds is 6. The summed E-state index contributed by atoms with van der Waals surface area (Å²) in [6.45, 7) is 3.44. The van der Waals surface area contributed by atoms with Crippen molar-refractivity contribution < 1.29 is 13.2 Å². The number of hydrogen-bond donors (Lipinski definition) is 0. The fraction of sp³-hybridized carbons (Fsp3) is 0.529. The number of ether oxygens (including phenoxy) is 1. The maximum Gasteiger partial charge on any atom is 0.243 e. The van der Waals surface area contributed by atoms with Crippen LogP contribution in [0.25, 0.3) is 0 Å². The first-order chi connectivity index (χ1) is 12.1. The summed E-state index contributed by atoms with van der Waals surface area (Å²) in [6, 6.07) is 7.38. The molecule has 1 fully saturated rings. The Morgan fingerprint density at radius 1 is 1.20 bits per heavy atom. The topological polar surface area (TPSA) is 77.3 Å². The van der Waals surface area contributed by atoms with Crippen molar-refractivity contribution in [3.63, 3.8) is 0 Å². The Morgan fingerprint density at radius 2 is 1.88 bits per heavy atom. The highest BCUT2D eigenvalue weighted by atomic mass is 32.2. The molecule has 1 aliphatic rings. The fourth-order valence-electron chi connectivity index (χ4n) is 3.21. The van der Waals surface area contributed by atoms with Crippen LogP contribution in [0.4, 0.5) is 0 Å². The highest BCUT2D eigenvalue weighted by molar-refractivity contribution is 7.89. The zero-order valence-electron chi connectivity index (χ0n) is 14.6. The normalized spacial score (nSPS) is 17.0. The highest BCUT2D eigenvalue weighted by Crippen LogP contribution is 2.27. The third-order valence-electron chi connectivity index (χ3n) is 4.71. The Hall–Kier alpha value is -1.77. The lowest BCUT2D eigenvalue weighted by Crippen LogP contribution is -2.39. The fourth-order valence-corrected chi connectivity index (χ4v) is 4.68. The minimum atomic E-state index is -3.43. The van der Waals surface area contributed by atoms with Crippen LogP contribution in [0.3, 0.4) is 0 Å². The molecule has 1 aromatic carbocycles. The van der Waals surface area contributed by atoms with Crippen molar-refractivity contribution in [2.75, 3.05) is 20.2 Å². The summed E-state index contributed by atoms with van der Waals surface area (Å²) in [7, 11) is -1.81. The predicted octanol–water partition coefficient (Wildman–Crippen LogP) is 2.01. The van der Waals surface area contributed by atoms with E-state index in [1.807, 2.05) is 16.7 Å². The standard InChI is InChI=1S/C17H24N4O3S/c1-3-14-4-6-16(7-5-14)25(22,23)20-10-8-15(9-11-20)21-13-18-19-17(21)12-24-2/h4-7,13,15H,3,8-12H2,1-2H3. The summed E-state index contributed by atoms with van der Waals surface area (Å²) in [5, 5.41) is 8.02. The molecule has 0 saturated carbocycles. The first kappa shape index (κ1) is 18.0. The molecule has 1 aliphatic heterocycles. The molecule has 0 amide bonds. The van der Waals surface area contributed by atoms with Gasteiger partial charge in [-0.25, -0.2) is 8.42 Å². The summed E-state index contributed by atoms with van der Waals surface area (Å²) in [4.78, 5) is 0.368. The van der Waals surface area contributed by atoms with E-state index >= 15 is 0 Å². The predicted molar refractivity (Wildman–Crippen MR) is 93.6 cm³/mol. The minimum Gasteiger partial charge on any atom is -0.377 e. The Bertz CT molecular complexity index is 794. The molecule has 0 atom stereocenters. The molecule has 25 heavy (non-hydrogen) atoms. The third-order valence-corrected chi connectivity index (χ3v) is 6.62. The molecule has 3 rings (SSSR count). The van der Waals surface area contributed by atoms with E-state index < -0.39 is 10.0 Å². The van der Waals surface area contributed by atoms with Gasteiger partial charge in [0, 0.05) is 26.2 Å². The van der Waals surface area contributed by atoms with E-state index in [9.17, 15) is 8.42 Å². The molecular formula is C17H24N4O3S.